The van der Waals surface area contributed by atoms with Crippen molar-refractivity contribution in [2.75, 3.05) is 54.0 Å². The molecule has 5 nitrogen and oxygen atoms in total. The second kappa shape index (κ2) is 8.93. The van der Waals surface area contributed by atoms with Crippen LogP contribution < -0.4 is 10.6 Å². The third-order valence-electron chi connectivity index (χ3n) is 1.83. The fraction of sp³-hybridized carbons (Fsp3) is 0.889. The molecule has 0 aromatic carbocycles. The van der Waals surface area contributed by atoms with Crippen molar-refractivity contribution in [3.63, 3.8) is 0 Å². The molecule has 0 unspecified atom stereocenters. The largest absolute Gasteiger partial charge is 0.375 e. The number of carbonyl (C=O) groups excluding carboxylic acids is 1. The van der Waals surface area contributed by atoms with E-state index in [4.69, 9.17) is 4.74 Å². The molecule has 2 N–H and O–H groups in total. The van der Waals surface area contributed by atoms with Gasteiger partial charge in [-0.1, -0.05) is 0 Å². The molecule has 0 saturated carbocycles. The Bertz CT molecular complexity index is 153. The topological polar surface area (TPSA) is 53.6 Å². The van der Waals surface area contributed by atoms with E-state index in [1.54, 1.807) is 0 Å². The van der Waals surface area contributed by atoms with Gasteiger partial charge in [0.1, 0.15) is 6.61 Å². The first-order chi connectivity index (χ1) is 6.70. The number of nitrogens with one attached hydrogen (secondary N) is 2. The highest BCUT2D eigenvalue weighted by atomic mass is 16.5. The van der Waals surface area contributed by atoms with E-state index in [1.165, 1.54) is 7.11 Å². The summed E-state index contributed by atoms with van der Waals surface area (Å²) in [5.41, 5.74) is 0. The Balaban J connectivity index is 3.29. The molecule has 0 rings (SSSR count). The number of hydrogen-bond donors (Lipinski definition) is 2. The third kappa shape index (κ3) is 7.97. The summed E-state index contributed by atoms with van der Waals surface area (Å²) >= 11 is 0. The van der Waals surface area contributed by atoms with Crippen LogP contribution in [-0.4, -0.2) is 64.8 Å². The molecule has 0 aliphatic carbocycles. The maximum absolute atomic E-state index is 11.0. The first-order valence-electron chi connectivity index (χ1n) is 4.79. The fourth-order valence-electron chi connectivity index (χ4n) is 0.983. The average molecular weight is 203 g/mol. The second-order valence-corrected chi connectivity index (χ2v) is 3.19. The number of carbonyl (C=O) groups is 1. The Labute approximate surface area is 85.8 Å². The Kier molecular flexibility index (Phi) is 8.51. The predicted octanol–water partition coefficient (Wildman–Crippen LogP) is -1.10. The van der Waals surface area contributed by atoms with Gasteiger partial charge in [0, 0.05) is 33.3 Å². The summed E-state index contributed by atoms with van der Waals surface area (Å²) in [6.45, 7) is 3.61. The zero-order valence-corrected chi connectivity index (χ0v) is 9.30. The van der Waals surface area contributed by atoms with Gasteiger partial charge in [-0.25, -0.2) is 0 Å². The molecular weight excluding hydrogens is 182 g/mol. The number of hydrogen-bond acceptors (Lipinski definition) is 4. The van der Waals surface area contributed by atoms with Crippen molar-refractivity contribution in [1.29, 1.82) is 0 Å². The highest BCUT2D eigenvalue weighted by Crippen LogP contribution is 1.79. The SMILES string of the molecule is CNCCN(C)CCNC(=O)COC. The van der Waals surface area contributed by atoms with Gasteiger partial charge in [-0.05, 0) is 14.1 Å². The summed E-state index contributed by atoms with van der Waals surface area (Å²) in [5, 5.41) is 5.83. The van der Waals surface area contributed by atoms with E-state index in [0.717, 1.165) is 19.6 Å². The van der Waals surface area contributed by atoms with Crippen molar-refractivity contribution in [1.82, 2.24) is 15.5 Å². The van der Waals surface area contributed by atoms with Crippen LogP contribution in [0.4, 0.5) is 0 Å². The summed E-state index contributed by atoms with van der Waals surface area (Å²) in [6.07, 6.45) is 0. The normalized spacial score (nSPS) is 10.6. The summed E-state index contributed by atoms with van der Waals surface area (Å²) in [5.74, 6) is -0.0606. The van der Waals surface area contributed by atoms with Crippen LogP contribution in [0.1, 0.15) is 0 Å². The van der Waals surface area contributed by atoms with E-state index in [9.17, 15) is 4.79 Å². The Morgan fingerprint density at radius 3 is 2.57 bits per heavy atom. The van der Waals surface area contributed by atoms with Crippen LogP contribution in [0.25, 0.3) is 0 Å². The lowest BCUT2D eigenvalue weighted by atomic mass is 10.5. The molecular formula is C9H21N3O2. The van der Waals surface area contributed by atoms with Crippen molar-refractivity contribution in [3.8, 4) is 0 Å². The molecule has 0 aliphatic rings. The van der Waals surface area contributed by atoms with Gasteiger partial charge in [-0.3, -0.25) is 4.79 Å². The van der Waals surface area contributed by atoms with Crippen LogP contribution in [0.3, 0.4) is 0 Å². The number of likely N-dealkylation sites (N-methyl/N-ethyl adjacent to an activating group) is 2. The first-order valence-corrected chi connectivity index (χ1v) is 4.79. The van der Waals surface area contributed by atoms with Crippen molar-refractivity contribution in [2.45, 2.75) is 0 Å². The molecule has 0 atom stereocenters. The van der Waals surface area contributed by atoms with Crippen LogP contribution in [-0.2, 0) is 9.53 Å². The van der Waals surface area contributed by atoms with Crippen LogP contribution in [0, 0.1) is 0 Å². The lowest BCUT2D eigenvalue weighted by molar-refractivity contribution is -0.124. The molecule has 84 valence electrons. The number of ether oxygens (including phenoxy) is 1. The molecule has 0 fully saturated rings. The van der Waals surface area contributed by atoms with Crippen LogP contribution in [0.5, 0.6) is 0 Å². The molecule has 0 aromatic heterocycles. The van der Waals surface area contributed by atoms with E-state index >= 15 is 0 Å². The van der Waals surface area contributed by atoms with E-state index in [-0.39, 0.29) is 12.5 Å². The standard InChI is InChI=1S/C9H21N3O2/c1-10-4-6-12(2)7-5-11-9(13)8-14-3/h10H,4-8H2,1-3H3,(H,11,13). The van der Waals surface area contributed by atoms with E-state index < -0.39 is 0 Å². The van der Waals surface area contributed by atoms with Gasteiger partial charge in [0.05, 0.1) is 0 Å². The minimum Gasteiger partial charge on any atom is -0.375 e. The van der Waals surface area contributed by atoms with Gasteiger partial charge in [-0.2, -0.15) is 0 Å². The minimum atomic E-state index is -0.0606. The van der Waals surface area contributed by atoms with Crippen molar-refractivity contribution in [2.24, 2.45) is 0 Å². The van der Waals surface area contributed by atoms with Gasteiger partial charge < -0.3 is 20.3 Å². The minimum absolute atomic E-state index is 0.0606. The molecule has 14 heavy (non-hydrogen) atoms. The molecule has 1 amide bonds. The number of methoxy groups -OCH3 is 1. The summed E-state index contributed by atoms with van der Waals surface area (Å²) in [6, 6.07) is 0. The summed E-state index contributed by atoms with van der Waals surface area (Å²) < 4.78 is 4.69. The van der Waals surface area contributed by atoms with Gasteiger partial charge in [0.2, 0.25) is 5.91 Å². The van der Waals surface area contributed by atoms with E-state index in [1.807, 2.05) is 14.1 Å². The van der Waals surface area contributed by atoms with Crippen molar-refractivity contribution < 1.29 is 9.53 Å². The number of nitrogens with zero attached hydrogens (tertiary/aromatic N) is 1. The lowest BCUT2D eigenvalue weighted by Crippen LogP contribution is -2.36. The van der Waals surface area contributed by atoms with E-state index in [2.05, 4.69) is 15.5 Å². The quantitative estimate of drug-likeness (QED) is 0.526. The Morgan fingerprint density at radius 1 is 1.36 bits per heavy atom. The van der Waals surface area contributed by atoms with E-state index in [0.29, 0.717) is 6.54 Å². The monoisotopic (exact) mass is 203 g/mol. The molecule has 0 radical (unpaired) electrons. The van der Waals surface area contributed by atoms with Crippen LogP contribution in [0.2, 0.25) is 0 Å². The molecule has 0 spiro atoms. The number of amides is 1. The smallest absolute Gasteiger partial charge is 0.246 e. The van der Waals surface area contributed by atoms with Gasteiger partial charge in [0.15, 0.2) is 0 Å². The fourth-order valence-corrected chi connectivity index (χ4v) is 0.983. The zero-order chi connectivity index (χ0) is 10.8. The molecule has 0 aliphatic heterocycles. The molecule has 0 saturated heterocycles. The van der Waals surface area contributed by atoms with Crippen molar-refractivity contribution in [3.05, 3.63) is 0 Å². The van der Waals surface area contributed by atoms with Gasteiger partial charge >= 0.3 is 0 Å². The zero-order valence-electron chi connectivity index (χ0n) is 9.30. The van der Waals surface area contributed by atoms with Crippen LogP contribution >= 0.6 is 0 Å². The molecule has 0 bridgehead atoms. The predicted molar refractivity (Wildman–Crippen MR) is 56.3 cm³/mol. The van der Waals surface area contributed by atoms with Crippen LogP contribution in [0.15, 0.2) is 0 Å². The Morgan fingerprint density at radius 2 is 2.00 bits per heavy atom. The third-order valence-corrected chi connectivity index (χ3v) is 1.83. The molecule has 5 heteroatoms. The highest BCUT2D eigenvalue weighted by molar-refractivity contribution is 5.77. The summed E-state index contributed by atoms with van der Waals surface area (Å²) in [4.78, 5) is 13.1. The number of rotatable bonds is 8. The average Bonchev–Trinajstić information content (AvgIpc) is 2.15. The maximum atomic E-state index is 11.0. The lowest BCUT2D eigenvalue weighted by Gasteiger charge is -2.16. The van der Waals surface area contributed by atoms with Gasteiger partial charge in [-0.15, -0.1) is 0 Å². The molecule has 0 heterocycles. The van der Waals surface area contributed by atoms with Gasteiger partial charge in [0.25, 0.3) is 0 Å². The summed E-state index contributed by atoms with van der Waals surface area (Å²) in [7, 11) is 5.46. The maximum Gasteiger partial charge on any atom is 0.246 e. The van der Waals surface area contributed by atoms with Crippen molar-refractivity contribution >= 4 is 5.91 Å². The molecule has 0 aromatic rings. The highest BCUT2D eigenvalue weighted by Gasteiger charge is 2.00. The Hall–Kier alpha value is -0.650. The first kappa shape index (κ1) is 13.4. The second-order valence-electron chi connectivity index (χ2n) is 3.19.